The van der Waals surface area contributed by atoms with Crippen LogP contribution in [0.3, 0.4) is 0 Å². The molecule has 0 radical (unpaired) electrons. The Labute approximate surface area is 179 Å². The van der Waals surface area contributed by atoms with Crippen molar-refractivity contribution in [3.05, 3.63) is 76.0 Å². The highest BCUT2D eigenvalue weighted by Gasteiger charge is 2.10. The van der Waals surface area contributed by atoms with E-state index >= 15 is 0 Å². The molecule has 0 aliphatic carbocycles. The van der Waals surface area contributed by atoms with Gasteiger partial charge in [-0.15, -0.1) is 34.4 Å². The lowest BCUT2D eigenvalue weighted by Crippen LogP contribution is -1.85. The monoisotopic (exact) mass is 418 g/mol. The second kappa shape index (κ2) is 9.01. The molecule has 2 aromatic carbocycles. The summed E-state index contributed by atoms with van der Waals surface area (Å²) >= 11 is 5.40. The number of rotatable bonds is 5. The molecule has 0 fully saturated rings. The van der Waals surface area contributed by atoms with Crippen LogP contribution in [-0.4, -0.2) is 6.26 Å². The minimum Gasteiger partial charge on any atom is -0.142 e. The maximum absolute atomic E-state index is 3.40. The zero-order valence-corrected chi connectivity index (χ0v) is 18.6. The number of thiophene rings is 2. The number of benzene rings is 2. The molecular formula is C25H22S3. The summed E-state index contributed by atoms with van der Waals surface area (Å²) in [5, 5.41) is 2.16. The summed E-state index contributed by atoms with van der Waals surface area (Å²) in [5.41, 5.74) is 5.00. The fourth-order valence-electron chi connectivity index (χ4n) is 3.19. The summed E-state index contributed by atoms with van der Waals surface area (Å²) in [6.07, 6.45) is 5.80. The number of unbranched alkanes of at least 4 members (excludes halogenated alkanes) is 1. The predicted molar refractivity (Wildman–Crippen MR) is 128 cm³/mol. The van der Waals surface area contributed by atoms with E-state index in [1.807, 2.05) is 11.3 Å². The Balaban J connectivity index is 1.52. The molecule has 2 aromatic heterocycles. The summed E-state index contributed by atoms with van der Waals surface area (Å²) in [6, 6.07) is 19.8. The van der Waals surface area contributed by atoms with Crippen LogP contribution in [0.2, 0.25) is 0 Å². The molecule has 0 N–H and O–H groups in total. The van der Waals surface area contributed by atoms with Gasteiger partial charge in [-0.1, -0.05) is 55.7 Å². The Kier molecular flexibility index (Phi) is 6.22. The summed E-state index contributed by atoms with van der Waals surface area (Å²) < 4.78 is 2.72. The van der Waals surface area contributed by atoms with Gasteiger partial charge >= 0.3 is 0 Å². The molecule has 0 saturated heterocycles. The third-order valence-corrected chi connectivity index (χ3v) is 7.98. The molecule has 4 aromatic rings. The lowest BCUT2D eigenvalue weighted by atomic mass is 10.0. The number of hydrogen-bond donors (Lipinski definition) is 0. The van der Waals surface area contributed by atoms with E-state index in [-0.39, 0.29) is 0 Å². The summed E-state index contributed by atoms with van der Waals surface area (Å²) in [7, 11) is 0. The number of aryl methyl sites for hydroxylation is 1. The zero-order valence-electron chi connectivity index (χ0n) is 16.1. The molecule has 28 heavy (non-hydrogen) atoms. The van der Waals surface area contributed by atoms with Crippen LogP contribution in [0.25, 0.3) is 20.5 Å². The second-order valence-corrected chi connectivity index (χ2v) is 9.49. The SMILES string of the molecule is CCCCc1ccc(-c2ccc(C#Cc3sc4ccsc4c3SC)cc2)cc1. The van der Waals surface area contributed by atoms with Crippen molar-refractivity contribution in [3.8, 4) is 23.0 Å². The van der Waals surface area contributed by atoms with E-state index in [0.29, 0.717) is 0 Å². The van der Waals surface area contributed by atoms with Gasteiger partial charge in [-0.25, -0.2) is 0 Å². The molecule has 0 spiro atoms. The van der Waals surface area contributed by atoms with Crippen molar-refractivity contribution >= 4 is 43.8 Å². The molecular weight excluding hydrogens is 396 g/mol. The standard InChI is InChI=1S/C25H22S3/c1-3-4-5-18-6-11-20(12-7-18)21-13-8-19(9-14-21)10-15-22-24(26-2)25-23(28-22)16-17-27-25/h6-9,11-14,16-17H,3-5H2,1-2H3. The van der Waals surface area contributed by atoms with E-state index in [9.17, 15) is 0 Å². The van der Waals surface area contributed by atoms with Crippen molar-refractivity contribution in [2.24, 2.45) is 0 Å². The molecule has 0 atom stereocenters. The van der Waals surface area contributed by atoms with Gasteiger partial charge in [-0.3, -0.25) is 0 Å². The third kappa shape index (κ3) is 4.20. The summed E-state index contributed by atoms with van der Waals surface area (Å²) in [6.45, 7) is 2.24. The highest BCUT2D eigenvalue weighted by molar-refractivity contribution is 7.99. The molecule has 2 heterocycles. The highest BCUT2D eigenvalue weighted by atomic mass is 32.2. The van der Waals surface area contributed by atoms with Crippen LogP contribution in [0.5, 0.6) is 0 Å². The van der Waals surface area contributed by atoms with Crippen LogP contribution in [0.4, 0.5) is 0 Å². The first-order valence-electron chi connectivity index (χ1n) is 9.54. The van der Waals surface area contributed by atoms with E-state index < -0.39 is 0 Å². The smallest absolute Gasteiger partial charge is 0.0929 e. The maximum atomic E-state index is 3.40. The van der Waals surface area contributed by atoms with Crippen LogP contribution >= 0.6 is 34.4 Å². The van der Waals surface area contributed by atoms with Gasteiger partial charge in [-0.05, 0) is 65.3 Å². The molecule has 0 aliphatic rings. The van der Waals surface area contributed by atoms with Crippen LogP contribution in [0, 0.1) is 11.8 Å². The van der Waals surface area contributed by atoms with E-state index in [2.05, 4.69) is 85.0 Å². The maximum Gasteiger partial charge on any atom is 0.0929 e. The Morgan fingerprint density at radius 1 is 0.893 bits per heavy atom. The molecule has 140 valence electrons. The van der Waals surface area contributed by atoms with Gasteiger partial charge in [0.2, 0.25) is 0 Å². The van der Waals surface area contributed by atoms with E-state index in [4.69, 9.17) is 0 Å². The van der Waals surface area contributed by atoms with Crippen molar-refractivity contribution in [2.75, 3.05) is 6.26 Å². The van der Waals surface area contributed by atoms with Crippen molar-refractivity contribution in [2.45, 2.75) is 31.1 Å². The van der Waals surface area contributed by atoms with Gasteiger partial charge in [0.1, 0.15) is 0 Å². The zero-order chi connectivity index (χ0) is 19.3. The van der Waals surface area contributed by atoms with E-state index in [1.54, 1.807) is 23.1 Å². The Bertz CT molecular complexity index is 1120. The number of thioether (sulfide) groups is 1. The molecule has 4 rings (SSSR count). The van der Waals surface area contributed by atoms with Gasteiger partial charge in [0, 0.05) is 10.3 Å². The van der Waals surface area contributed by atoms with Crippen molar-refractivity contribution in [1.82, 2.24) is 0 Å². The summed E-state index contributed by atoms with van der Waals surface area (Å²) in [4.78, 5) is 2.50. The Morgan fingerprint density at radius 3 is 2.29 bits per heavy atom. The average molecular weight is 419 g/mol. The van der Waals surface area contributed by atoms with Crippen LogP contribution < -0.4 is 0 Å². The quantitative estimate of drug-likeness (QED) is 0.233. The van der Waals surface area contributed by atoms with E-state index in [1.165, 1.54) is 55.1 Å². The molecule has 0 aliphatic heterocycles. The van der Waals surface area contributed by atoms with Gasteiger partial charge in [-0.2, -0.15) is 0 Å². The van der Waals surface area contributed by atoms with Crippen LogP contribution in [0.15, 0.2) is 64.9 Å². The topological polar surface area (TPSA) is 0 Å². The second-order valence-electron chi connectivity index (χ2n) is 6.71. The van der Waals surface area contributed by atoms with Crippen LogP contribution in [0.1, 0.15) is 35.8 Å². The van der Waals surface area contributed by atoms with Gasteiger partial charge in [0.25, 0.3) is 0 Å². The molecule has 3 heteroatoms. The van der Waals surface area contributed by atoms with Gasteiger partial charge < -0.3 is 0 Å². The minimum absolute atomic E-state index is 1.06. The number of fused-ring (bicyclic) bond motifs is 1. The molecule has 0 nitrogen and oxygen atoms in total. The van der Waals surface area contributed by atoms with Crippen molar-refractivity contribution in [3.63, 3.8) is 0 Å². The Hall–Kier alpha value is -1.99. The average Bonchev–Trinajstić information content (AvgIpc) is 3.32. The molecule has 0 unspecified atom stereocenters. The first-order chi connectivity index (χ1) is 13.8. The largest absolute Gasteiger partial charge is 0.142 e. The molecule has 0 amide bonds. The summed E-state index contributed by atoms with van der Waals surface area (Å²) in [5.74, 6) is 6.75. The fourth-order valence-corrected chi connectivity index (χ4v) is 6.56. The fraction of sp³-hybridized carbons (Fsp3) is 0.200. The first-order valence-corrected chi connectivity index (χ1v) is 12.5. The van der Waals surface area contributed by atoms with Crippen LogP contribution in [-0.2, 0) is 6.42 Å². The van der Waals surface area contributed by atoms with Gasteiger partial charge in [0.15, 0.2) is 0 Å². The van der Waals surface area contributed by atoms with E-state index in [0.717, 1.165) is 5.56 Å². The molecule has 0 bridgehead atoms. The van der Waals surface area contributed by atoms with Gasteiger partial charge in [0.05, 0.1) is 14.5 Å². The third-order valence-electron chi connectivity index (χ3n) is 4.77. The lowest BCUT2D eigenvalue weighted by Gasteiger charge is -2.04. The van der Waals surface area contributed by atoms with Crippen molar-refractivity contribution < 1.29 is 0 Å². The minimum atomic E-state index is 1.06. The number of hydrogen-bond acceptors (Lipinski definition) is 3. The normalized spacial score (nSPS) is 10.8. The highest BCUT2D eigenvalue weighted by Crippen LogP contribution is 2.40. The predicted octanol–water partition coefficient (Wildman–Crippen LogP) is 8.09. The first kappa shape index (κ1) is 19.3. The molecule has 0 saturated carbocycles. The lowest BCUT2D eigenvalue weighted by molar-refractivity contribution is 0.795. The van der Waals surface area contributed by atoms with Crippen molar-refractivity contribution in [1.29, 1.82) is 0 Å². The Morgan fingerprint density at radius 2 is 1.61 bits per heavy atom.